The van der Waals surface area contributed by atoms with E-state index in [1.807, 2.05) is 28.2 Å². The molecule has 0 N–H and O–H groups in total. The molecule has 9 heavy (non-hydrogen) atoms. The Balaban J connectivity index is 0. The van der Waals surface area contributed by atoms with E-state index in [-0.39, 0.29) is 0 Å². The van der Waals surface area contributed by atoms with Crippen molar-refractivity contribution in [1.82, 2.24) is 10.1 Å². The van der Waals surface area contributed by atoms with Gasteiger partial charge in [0.1, 0.15) is 0 Å². The molecule has 0 saturated heterocycles. The fourth-order valence-electron chi connectivity index (χ4n) is 0.327. The number of hydroxylamine groups is 4. The van der Waals surface area contributed by atoms with E-state index in [0.29, 0.717) is 10.1 Å². The van der Waals surface area contributed by atoms with Gasteiger partial charge in [-0.1, -0.05) is 0 Å². The minimum Gasteiger partial charge on any atom is -0.396 e. The van der Waals surface area contributed by atoms with Crippen LogP contribution in [0.2, 0.25) is 0 Å². The number of rotatable bonds is 2. The monoisotopic (exact) mass is 150 g/mol. The maximum Gasteiger partial charge on any atom is 0.245 e. The molecule has 5 heteroatoms. The van der Waals surface area contributed by atoms with Crippen LogP contribution in [0.15, 0.2) is 0 Å². The number of hydrogen-bond donors (Lipinski definition) is 0. The van der Waals surface area contributed by atoms with Gasteiger partial charge in [-0.25, -0.2) is 4.94 Å². The van der Waals surface area contributed by atoms with Crippen LogP contribution in [0.4, 0.5) is 0 Å². The van der Waals surface area contributed by atoms with Gasteiger partial charge in [-0.3, -0.25) is 0 Å². The second-order valence-electron chi connectivity index (χ2n) is 1.71. The topological polar surface area (TPSA) is 32.8 Å². The van der Waals surface area contributed by atoms with E-state index < -0.39 is 0 Å². The van der Waals surface area contributed by atoms with Gasteiger partial charge in [-0.2, -0.15) is 10.1 Å². The Morgan fingerprint density at radius 2 is 1.22 bits per heavy atom. The third-order valence-corrected chi connectivity index (χ3v) is 0.327. The highest BCUT2D eigenvalue weighted by molar-refractivity contribution is 5.85. The van der Waals surface area contributed by atoms with Crippen molar-refractivity contribution in [3.05, 3.63) is 0 Å². The molecule has 0 atom stereocenters. The van der Waals surface area contributed by atoms with Crippen LogP contribution in [0, 0.1) is 0 Å². The first-order valence-corrected chi connectivity index (χ1v) is 3.02. The molecule has 0 amide bonds. The first-order valence-electron chi connectivity index (χ1n) is 2.44. The first-order chi connectivity index (χ1) is 4.13. The van der Waals surface area contributed by atoms with E-state index in [1.165, 1.54) is 0 Å². The van der Waals surface area contributed by atoms with Gasteiger partial charge in [0.2, 0.25) is 10.1 Å². The number of hydrogen-bond acceptors (Lipinski definition) is 4. The Hall–Kier alpha value is -0.103. The van der Waals surface area contributed by atoms with Gasteiger partial charge >= 0.3 is 0 Å². The van der Waals surface area contributed by atoms with E-state index in [0.717, 1.165) is 0 Å². The quantitative estimate of drug-likeness (QED) is 0.370. The van der Waals surface area contributed by atoms with Gasteiger partial charge in [-0.05, 0) is 0 Å². The average Bonchev–Trinajstić information content (AvgIpc) is 1.68. The number of nitrogens with zero attached hydrogens (tertiary/aromatic N) is 2. The third-order valence-electron chi connectivity index (χ3n) is 0.327. The smallest absolute Gasteiger partial charge is 0.245 e. The van der Waals surface area contributed by atoms with E-state index >= 15 is 0 Å². The Morgan fingerprint density at radius 3 is 1.22 bits per heavy atom. The van der Waals surface area contributed by atoms with E-state index in [1.54, 1.807) is 10.1 Å². The second-order valence-corrected chi connectivity index (χ2v) is 1.71. The Morgan fingerprint density at radius 1 is 1.00 bits per heavy atom. The molecular formula is C4H14N2O2Si. The predicted octanol–water partition coefficient (Wildman–Crippen LogP) is -1.08. The molecule has 0 saturated carbocycles. The molecule has 0 aliphatic carbocycles. The molecule has 4 nitrogen and oxygen atoms in total. The van der Waals surface area contributed by atoms with Crippen LogP contribution in [-0.2, 0) is 9.40 Å². The summed E-state index contributed by atoms with van der Waals surface area (Å²) in [7, 11) is 7.94. The molecule has 0 aromatic rings. The van der Waals surface area contributed by atoms with E-state index in [2.05, 4.69) is 0 Å². The molecule has 0 unspecified atom stereocenters. The van der Waals surface area contributed by atoms with Crippen LogP contribution in [0.3, 0.4) is 0 Å². The maximum absolute atomic E-state index is 8.28. The SMILES string of the molecule is CN(C)ON(C)C.O=[SiH2]. The molecular weight excluding hydrogens is 136 g/mol. The van der Waals surface area contributed by atoms with E-state index in [9.17, 15) is 0 Å². The molecule has 0 aliphatic heterocycles. The van der Waals surface area contributed by atoms with Crippen LogP contribution in [0.1, 0.15) is 0 Å². The molecule has 0 heterocycles. The summed E-state index contributed by atoms with van der Waals surface area (Å²) in [5.74, 6) is 0. The molecule has 0 aromatic heterocycles. The molecule has 0 fully saturated rings. The average molecular weight is 150 g/mol. The van der Waals surface area contributed by atoms with Crippen molar-refractivity contribution in [1.29, 1.82) is 0 Å². The summed E-state index contributed by atoms with van der Waals surface area (Å²) in [5, 5.41) is 3.25. The van der Waals surface area contributed by atoms with Gasteiger partial charge < -0.3 is 4.46 Å². The molecule has 0 aromatic carbocycles. The lowest BCUT2D eigenvalue weighted by Crippen LogP contribution is -2.23. The first kappa shape index (κ1) is 11.7. The van der Waals surface area contributed by atoms with Crippen molar-refractivity contribution in [3.8, 4) is 0 Å². The van der Waals surface area contributed by atoms with Crippen LogP contribution >= 0.6 is 0 Å². The van der Waals surface area contributed by atoms with Crippen LogP contribution < -0.4 is 0 Å². The highest BCUT2D eigenvalue weighted by Gasteiger charge is 1.87. The summed E-state index contributed by atoms with van der Waals surface area (Å²) < 4.78 is 8.28. The van der Waals surface area contributed by atoms with Crippen molar-refractivity contribution in [2.24, 2.45) is 0 Å². The normalized spacial score (nSPS) is 9.11. The molecule has 56 valence electrons. The lowest BCUT2D eigenvalue weighted by molar-refractivity contribution is -0.281. The van der Waals surface area contributed by atoms with Crippen LogP contribution in [-0.4, -0.2) is 48.4 Å². The van der Waals surface area contributed by atoms with Gasteiger partial charge in [0, 0.05) is 28.2 Å². The Kier molecular flexibility index (Phi) is 10.2. The largest absolute Gasteiger partial charge is 0.396 e. The molecule has 0 bridgehead atoms. The van der Waals surface area contributed by atoms with Gasteiger partial charge in [-0.15, -0.1) is 0 Å². The molecule has 0 aliphatic rings. The summed E-state index contributed by atoms with van der Waals surface area (Å²) in [6.07, 6.45) is 0. The minimum absolute atomic E-state index is 0.611. The Labute approximate surface area is 58.8 Å². The highest BCUT2D eigenvalue weighted by atomic mass is 28.1. The highest BCUT2D eigenvalue weighted by Crippen LogP contribution is 1.78. The minimum atomic E-state index is 0.611. The van der Waals surface area contributed by atoms with Gasteiger partial charge in [0.15, 0.2) is 0 Å². The van der Waals surface area contributed by atoms with Crippen molar-refractivity contribution < 1.29 is 9.40 Å². The fourth-order valence-corrected chi connectivity index (χ4v) is 0.327. The standard InChI is InChI=1S/C4H12N2O.H2OSi/c1-5(2)7-6(3)4;1-2/h1-4H3;2H2. The third kappa shape index (κ3) is 18.1. The summed E-state index contributed by atoms with van der Waals surface area (Å²) in [6, 6.07) is 0. The van der Waals surface area contributed by atoms with E-state index in [4.69, 9.17) is 9.40 Å². The van der Waals surface area contributed by atoms with Crippen molar-refractivity contribution in [3.63, 3.8) is 0 Å². The fraction of sp³-hybridized carbons (Fsp3) is 1.00. The summed E-state index contributed by atoms with van der Waals surface area (Å²) in [4.78, 5) is 4.92. The van der Waals surface area contributed by atoms with Gasteiger partial charge in [0.05, 0.1) is 0 Å². The van der Waals surface area contributed by atoms with Gasteiger partial charge in [0.25, 0.3) is 0 Å². The predicted molar refractivity (Wildman–Crippen MR) is 37.7 cm³/mol. The maximum atomic E-state index is 8.28. The second kappa shape index (κ2) is 7.90. The lowest BCUT2D eigenvalue weighted by Gasteiger charge is -2.14. The zero-order valence-corrected chi connectivity index (χ0v) is 7.83. The lowest BCUT2D eigenvalue weighted by atomic mass is 11.2. The summed E-state index contributed by atoms with van der Waals surface area (Å²) >= 11 is 0. The molecule has 0 radical (unpaired) electrons. The van der Waals surface area contributed by atoms with Crippen LogP contribution in [0.25, 0.3) is 0 Å². The zero-order valence-electron chi connectivity index (χ0n) is 6.42. The molecule has 0 rings (SSSR count). The molecule has 0 spiro atoms. The summed E-state index contributed by atoms with van der Waals surface area (Å²) in [5.41, 5.74) is 0. The zero-order chi connectivity index (χ0) is 7.86. The van der Waals surface area contributed by atoms with Crippen LogP contribution in [0.5, 0.6) is 0 Å². The van der Waals surface area contributed by atoms with Crippen molar-refractivity contribution in [2.75, 3.05) is 28.2 Å². The Bertz CT molecular complexity index is 54.5. The summed E-state index contributed by atoms with van der Waals surface area (Å²) in [6.45, 7) is 0. The van der Waals surface area contributed by atoms with Crippen molar-refractivity contribution >= 4 is 10.1 Å². The van der Waals surface area contributed by atoms with Crippen molar-refractivity contribution in [2.45, 2.75) is 0 Å².